The largest absolute Gasteiger partial charge is 0.381 e. The fourth-order valence-corrected chi connectivity index (χ4v) is 4.66. The van der Waals surface area contributed by atoms with E-state index in [2.05, 4.69) is 10.3 Å². The fourth-order valence-electron chi connectivity index (χ4n) is 3.57. The normalized spacial score (nSPS) is 22.6. The number of nitrogens with two attached hydrogens (primary N) is 1. The summed E-state index contributed by atoms with van der Waals surface area (Å²) in [5.41, 5.74) is 6.47. The van der Waals surface area contributed by atoms with E-state index in [1.807, 2.05) is 0 Å². The van der Waals surface area contributed by atoms with Crippen molar-refractivity contribution in [3.8, 4) is 0 Å². The van der Waals surface area contributed by atoms with Crippen molar-refractivity contribution in [2.24, 2.45) is 16.6 Å². The van der Waals surface area contributed by atoms with Gasteiger partial charge in [0, 0.05) is 30.9 Å². The van der Waals surface area contributed by atoms with Crippen LogP contribution < -0.4 is 11.1 Å². The lowest BCUT2D eigenvalue weighted by atomic mass is 9.75. The van der Waals surface area contributed by atoms with Gasteiger partial charge in [0.05, 0.1) is 22.9 Å². The Bertz CT molecular complexity index is 948. The Morgan fingerprint density at radius 1 is 1.33 bits per heavy atom. The Hall–Kier alpha value is -1.58. The topological polar surface area (TPSA) is 89.6 Å². The summed E-state index contributed by atoms with van der Waals surface area (Å²) >= 11 is 7.29. The lowest BCUT2D eigenvalue weighted by Gasteiger charge is -2.44. The summed E-state index contributed by atoms with van der Waals surface area (Å²) < 4.78 is 20.1. The van der Waals surface area contributed by atoms with Crippen LogP contribution in [0, 0.1) is 11.7 Å². The number of carbonyl (C=O) groups excluding carboxylic acids is 1. The summed E-state index contributed by atoms with van der Waals surface area (Å²) in [7, 11) is 0. The maximum Gasteiger partial charge on any atom is 0.274 e. The number of amides is 1. The molecule has 11 heteroatoms. The van der Waals surface area contributed by atoms with E-state index >= 15 is 0 Å². The quantitative estimate of drug-likeness (QED) is 0.667. The second-order valence-electron chi connectivity index (χ2n) is 6.72. The Labute approximate surface area is 195 Å². The van der Waals surface area contributed by atoms with Crippen LogP contribution in [0.2, 0.25) is 5.02 Å². The molecule has 0 aliphatic carbocycles. The van der Waals surface area contributed by atoms with Crippen molar-refractivity contribution in [3.63, 3.8) is 0 Å². The zero-order valence-electron chi connectivity index (χ0n) is 15.6. The number of halogens is 4. The third kappa shape index (κ3) is 4.84. The number of fused-ring (bicyclic) bond motifs is 1. The predicted molar refractivity (Wildman–Crippen MR) is 123 cm³/mol. The lowest BCUT2D eigenvalue weighted by molar-refractivity contribution is 0.0101. The van der Waals surface area contributed by atoms with Gasteiger partial charge < -0.3 is 15.8 Å². The number of aromatic nitrogens is 1. The highest BCUT2D eigenvalue weighted by atomic mass is 35.5. The summed E-state index contributed by atoms with van der Waals surface area (Å²) in [4.78, 5) is 21.1. The Morgan fingerprint density at radius 3 is 2.87 bits per heavy atom. The molecule has 1 aromatic carbocycles. The molecule has 0 saturated carbocycles. The van der Waals surface area contributed by atoms with Gasteiger partial charge in [-0.2, -0.15) is 0 Å². The predicted octanol–water partition coefficient (Wildman–Crippen LogP) is 4.26. The minimum Gasteiger partial charge on any atom is -0.381 e. The molecular formula is C19H20Cl3FN4O2S. The molecule has 162 valence electrons. The number of hydrogen-bond donors (Lipinski definition) is 2. The van der Waals surface area contributed by atoms with E-state index in [1.165, 1.54) is 30.1 Å². The summed E-state index contributed by atoms with van der Waals surface area (Å²) in [6.45, 7) is 1.11. The maximum atomic E-state index is 14.4. The molecule has 3 N–H and O–H groups in total. The van der Waals surface area contributed by atoms with Crippen LogP contribution in [-0.4, -0.2) is 35.0 Å². The molecule has 2 atom stereocenters. The molecule has 2 aliphatic rings. The second-order valence-corrected chi connectivity index (χ2v) is 8.19. The third-order valence-corrected chi connectivity index (χ3v) is 6.22. The first kappa shape index (κ1) is 24.7. The molecule has 6 nitrogen and oxygen atoms in total. The van der Waals surface area contributed by atoms with E-state index in [0.29, 0.717) is 29.8 Å². The molecule has 0 spiro atoms. The molecule has 1 fully saturated rings. The smallest absolute Gasteiger partial charge is 0.274 e. The fraction of sp³-hybridized carbons (Fsp3) is 0.316. The van der Waals surface area contributed by atoms with Gasteiger partial charge in [0.2, 0.25) is 0 Å². The molecule has 0 radical (unpaired) electrons. The Kier molecular flexibility index (Phi) is 8.35. The zero-order valence-corrected chi connectivity index (χ0v) is 18.8. The number of rotatable bonds is 3. The number of hydrogen-bond acceptors (Lipinski definition) is 6. The summed E-state index contributed by atoms with van der Waals surface area (Å²) in [5, 5.41) is 3.52. The lowest BCUT2D eigenvalue weighted by Crippen LogP contribution is -2.46. The second kappa shape index (κ2) is 10.2. The SMILES string of the molecule is Cl.Cl.NC1=N[C@]2(c3ccc(F)c(NC(=O)c4ccc(Cl)cn4)c3)CCOCC2CS1. The molecule has 4 rings (SSSR count). The van der Waals surface area contributed by atoms with Gasteiger partial charge in [-0.1, -0.05) is 29.4 Å². The highest BCUT2D eigenvalue weighted by Gasteiger charge is 2.45. The van der Waals surface area contributed by atoms with Crippen LogP contribution >= 0.6 is 48.2 Å². The summed E-state index contributed by atoms with van der Waals surface area (Å²) in [6.07, 6.45) is 2.02. The molecule has 1 unspecified atom stereocenters. The van der Waals surface area contributed by atoms with Crippen molar-refractivity contribution in [3.05, 3.63) is 58.6 Å². The highest BCUT2D eigenvalue weighted by molar-refractivity contribution is 8.13. The van der Waals surface area contributed by atoms with Crippen LogP contribution in [0.5, 0.6) is 0 Å². The number of carbonyl (C=O) groups is 1. The summed E-state index contributed by atoms with van der Waals surface area (Å²) in [5.74, 6) is -0.141. The zero-order chi connectivity index (χ0) is 19.7. The van der Waals surface area contributed by atoms with Crippen LogP contribution in [0.15, 0.2) is 41.5 Å². The van der Waals surface area contributed by atoms with Crippen LogP contribution in [0.3, 0.4) is 0 Å². The average Bonchev–Trinajstić information content (AvgIpc) is 2.69. The summed E-state index contributed by atoms with van der Waals surface area (Å²) in [6, 6.07) is 7.72. The van der Waals surface area contributed by atoms with E-state index in [1.54, 1.807) is 18.2 Å². The molecule has 3 heterocycles. The molecule has 0 bridgehead atoms. The van der Waals surface area contributed by atoms with E-state index in [9.17, 15) is 9.18 Å². The molecule has 1 aromatic heterocycles. The van der Waals surface area contributed by atoms with Crippen molar-refractivity contribution < 1.29 is 13.9 Å². The van der Waals surface area contributed by atoms with Crippen molar-refractivity contribution in [2.45, 2.75) is 12.0 Å². The van der Waals surface area contributed by atoms with Gasteiger partial charge >= 0.3 is 0 Å². The number of amidine groups is 1. The minimum absolute atomic E-state index is 0. The van der Waals surface area contributed by atoms with Crippen molar-refractivity contribution in [1.29, 1.82) is 0 Å². The van der Waals surface area contributed by atoms with Crippen molar-refractivity contribution >= 4 is 64.9 Å². The number of nitrogens with one attached hydrogen (secondary N) is 1. The van der Waals surface area contributed by atoms with Gasteiger partial charge in [-0.05, 0) is 29.8 Å². The monoisotopic (exact) mass is 492 g/mol. The number of pyridine rings is 1. The van der Waals surface area contributed by atoms with Crippen LogP contribution in [0.1, 0.15) is 22.5 Å². The third-order valence-electron chi connectivity index (χ3n) is 5.04. The number of anilines is 1. The first-order chi connectivity index (χ1) is 13.5. The van der Waals surface area contributed by atoms with Gasteiger partial charge in [0.25, 0.3) is 5.91 Å². The van der Waals surface area contributed by atoms with Crippen molar-refractivity contribution in [2.75, 3.05) is 24.3 Å². The Morgan fingerprint density at radius 2 is 2.13 bits per heavy atom. The number of nitrogens with zero attached hydrogens (tertiary/aromatic N) is 2. The minimum atomic E-state index is -0.570. The first-order valence-corrected chi connectivity index (χ1v) is 10.1. The number of ether oxygens (including phenoxy) is 1. The maximum absolute atomic E-state index is 14.4. The van der Waals surface area contributed by atoms with Crippen LogP contribution in [-0.2, 0) is 10.3 Å². The molecule has 1 amide bonds. The van der Waals surface area contributed by atoms with Gasteiger partial charge in [-0.3, -0.25) is 9.79 Å². The number of benzene rings is 1. The standard InChI is InChI=1S/C19H18ClFN4O2S.2ClH/c20-13-2-4-15(23-8-13)17(26)24-16-7-11(1-3-14(16)21)19-5-6-27-9-12(19)10-28-18(22)25-19;;/h1-4,7-8,12H,5-6,9-10H2,(H2,22,25)(H,24,26);2*1H/t12?,19-;;/m0../s1. The van der Waals surface area contributed by atoms with Crippen molar-refractivity contribution in [1.82, 2.24) is 4.98 Å². The van der Waals surface area contributed by atoms with Gasteiger partial charge in [-0.15, -0.1) is 24.8 Å². The molecular weight excluding hydrogens is 474 g/mol. The molecule has 30 heavy (non-hydrogen) atoms. The molecule has 2 aromatic rings. The van der Waals surface area contributed by atoms with E-state index in [4.69, 9.17) is 27.1 Å². The van der Waals surface area contributed by atoms with E-state index in [0.717, 1.165) is 11.3 Å². The molecule has 2 aliphatic heterocycles. The number of thioether (sulfide) groups is 1. The Balaban J connectivity index is 0.00000160. The van der Waals surface area contributed by atoms with Gasteiger partial charge in [0.1, 0.15) is 11.5 Å². The van der Waals surface area contributed by atoms with Crippen LogP contribution in [0.4, 0.5) is 10.1 Å². The van der Waals surface area contributed by atoms with Gasteiger partial charge in [0.15, 0.2) is 5.17 Å². The van der Waals surface area contributed by atoms with E-state index in [-0.39, 0.29) is 42.1 Å². The highest BCUT2D eigenvalue weighted by Crippen LogP contribution is 2.45. The van der Waals surface area contributed by atoms with E-state index < -0.39 is 17.3 Å². The first-order valence-electron chi connectivity index (χ1n) is 8.77. The number of aliphatic imine (C=N–C) groups is 1. The van der Waals surface area contributed by atoms with Gasteiger partial charge in [-0.25, -0.2) is 9.37 Å². The molecule has 1 saturated heterocycles. The average molecular weight is 494 g/mol. The van der Waals surface area contributed by atoms with Crippen LogP contribution in [0.25, 0.3) is 0 Å².